The van der Waals surface area contributed by atoms with E-state index in [9.17, 15) is 9.59 Å². The van der Waals surface area contributed by atoms with Crippen molar-refractivity contribution in [3.8, 4) is 5.75 Å². The monoisotopic (exact) mass is 421 g/mol. The maximum absolute atomic E-state index is 12.8. The summed E-state index contributed by atoms with van der Waals surface area (Å²) in [6, 6.07) is 1.59. The lowest BCUT2D eigenvalue weighted by atomic mass is 9.99. The second-order valence-electron chi connectivity index (χ2n) is 9.17. The molecule has 2 heterocycles. The number of rotatable bonds is 3. The fraction of sp³-hybridized carbons (Fsp3) is 0.619. The van der Waals surface area contributed by atoms with E-state index in [1.165, 1.54) is 0 Å². The lowest BCUT2D eigenvalue weighted by Gasteiger charge is -2.26. The highest BCUT2D eigenvalue weighted by molar-refractivity contribution is 6.33. The van der Waals surface area contributed by atoms with Gasteiger partial charge in [-0.15, -0.1) is 0 Å². The van der Waals surface area contributed by atoms with Crippen LogP contribution in [0.2, 0.25) is 5.02 Å². The summed E-state index contributed by atoms with van der Waals surface area (Å²) in [5.74, 6) is 1.59. The summed E-state index contributed by atoms with van der Waals surface area (Å²) in [4.78, 5) is 26.7. The van der Waals surface area contributed by atoms with Gasteiger partial charge >= 0.3 is 6.09 Å². The number of anilines is 1. The van der Waals surface area contributed by atoms with Gasteiger partial charge in [-0.3, -0.25) is 4.79 Å². The van der Waals surface area contributed by atoms with Crippen LogP contribution >= 0.6 is 11.6 Å². The Morgan fingerprint density at radius 3 is 2.69 bits per heavy atom. The Balaban J connectivity index is 1.33. The fourth-order valence-corrected chi connectivity index (χ4v) is 4.66. The first-order valence-electron chi connectivity index (χ1n) is 10.2. The number of carbonyl (C=O) groups is 2. The van der Waals surface area contributed by atoms with Crippen LogP contribution in [0.4, 0.5) is 10.5 Å². The zero-order chi connectivity index (χ0) is 20.9. The van der Waals surface area contributed by atoms with Crippen LogP contribution in [0.5, 0.6) is 5.75 Å². The van der Waals surface area contributed by atoms with Gasteiger partial charge in [0.1, 0.15) is 11.4 Å². The van der Waals surface area contributed by atoms with Crippen LogP contribution in [-0.4, -0.2) is 48.7 Å². The average Bonchev–Trinajstić information content (AvgIpc) is 3.10. The maximum Gasteiger partial charge on any atom is 0.410 e. The van der Waals surface area contributed by atoms with Gasteiger partial charge in [0, 0.05) is 25.2 Å². The van der Waals surface area contributed by atoms with Crippen LogP contribution in [-0.2, 0) is 11.2 Å². The molecule has 2 atom stereocenters. The number of amides is 2. The molecule has 158 valence electrons. The number of ether oxygens (including phenoxy) is 2. The molecule has 2 aliphatic heterocycles. The van der Waals surface area contributed by atoms with Crippen LogP contribution in [0.25, 0.3) is 0 Å². The molecular formula is C21H28ClN3O4. The van der Waals surface area contributed by atoms with Crippen molar-refractivity contribution in [2.24, 2.45) is 17.8 Å². The van der Waals surface area contributed by atoms with Crippen molar-refractivity contribution < 1.29 is 19.1 Å². The Bertz CT molecular complexity index is 839. The molecule has 0 spiro atoms. The highest BCUT2D eigenvalue weighted by atomic mass is 35.5. The number of hydrogen-bond donors (Lipinski definition) is 2. The summed E-state index contributed by atoms with van der Waals surface area (Å²) in [5.41, 5.74) is 7.33. The number of benzene rings is 1. The molecule has 2 fully saturated rings. The van der Waals surface area contributed by atoms with E-state index in [0.29, 0.717) is 66.0 Å². The van der Waals surface area contributed by atoms with E-state index in [1.54, 1.807) is 11.0 Å². The Morgan fingerprint density at radius 2 is 2.03 bits per heavy atom. The Hall–Kier alpha value is -2.15. The van der Waals surface area contributed by atoms with Gasteiger partial charge in [-0.25, -0.2) is 4.79 Å². The van der Waals surface area contributed by atoms with Crippen molar-refractivity contribution in [1.82, 2.24) is 10.2 Å². The van der Waals surface area contributed by atoms with Crippen molar-refractivity contribution >= 4 is 29.3 Å². The molecule has 1 saturated carbocycles. The molecule has 0 radical (unpaired) electrons. The third-order valence-corrected chi connectivity index (χ3v) is 6.27. The van der Waals surface area contributed by atoms with Crippen LogP contribution in [0.15, 0.2) is 6.07 Å². The summed E-state index contributed by atoms with van der Waals surface area (Å²) < 4.78 is 11.2. The normalized spacial score (nSPS) is 25.0. The predicted molar refractivity (Wildman–Crippen MR) is 110 cm³/mol. The van der Waals surface area contributed by atoms with Crippen molar-refractivity contribution in [2.75, 3.05) is 32.0 Å². The van der Waals surface area contributed by atoms with E-state index < -0.39 is 5.60 Å². The number of nitrogens with two attached hydrogens (primary N) is 1. The summed E-state index contributed by atoms with van der Waals surface area (Å²) in [6.45, 7) is 8.12. The minimum atomic E-state index is -0.487. The molecular weight excluding hydrogens is 394 g/mol. The number of likely N-dealkylation sites (tertiary alicyclic amines) is 1. The average molecular weight is 422 g/mol. The van der Waals surface area contributed by atoms with Gasteiger partial charge in [-0.1, -0.05) is 11.6 Å². The first-order chi connectivity index (χ1) is 13.7. The third kappa shape index (κ3) is 3.97. The fourth-order valence-electron chi connectivity index (χ4n) is 4.44. The van der Waals surface area contributed by atoms with Gasteiger partial charge in [0.05, 0.1) is 22.9 Å². The molecule has 1 aromatic rings. The molecule has 1 aromatic carbocycles. The molecule has 7 nitrogen and oxygen atoms in total. The lowest BCUT2D eigenvalue weighted by Crippen LogP contribution is -2.38. The van der Waals surface area contributed by atoms with E-state index in [1.807, 2.05) is 20.8 Å². The van der Waals surface area contributed by atoms with Crippen LogP contribution in [0.3, 0.4) is 0 Å². The number of carbonyl (C=O) groups excluding carboxylic acids is 2. The first-order valence-corrected chi connectivity index (χ1v) is 10.5. The smallest absolute Gasteiger partial charge is 0.410 e. The molecule has 3 aliphatic rings. The molecule has 0 bridgehead atoms. The molecule has 3 N–H and O–H groups in total. The number of hydrogen-bond acceptors (Lipinski definition) is 5. The van der Waals surface area contributed by atoms with E-state index in [2.05, 4.69) is 5.32 Å². The molecule has 1 saturated heterocycles. The quantitative estimate of drug-likeness (QED) is 0.731. The van der Waals surface area contributed by atoms with Crippen molar-refractivity contribution in [1.29, 1.82) is 0 Å². The van der Waals surface area contributed by atoms with Gasteiger partial charge in [0.25, 0.3) is 5.91 Å². The van der Waals surface area contributed by atoms with E-state index in [0.717, 1.165) is 18.4 Å². The van der Waals surface area contributed by atoms with Crippen molar-refractivity contribution in [2.45, 2.75) is 39.2 Å². The van der Waals surface area contributed by atoms with Gasteiger partial charge in [-0.2, -0.15) is 0 Å². The molecule has 1 aliphatic carbocycles. The molecule has 8 heteroatoms. The largest absolute Gasteiger partial charge is 0.492 e. The number of piperidine rings is 1. The molecule has 4 rings (SSSR count). The van der Waals surface area contributed by atoms with Gasteiger partial charge < -0.3 is 25.4 Å². The highest BCUT2D eigenvalue weighted by Crippen LogP contribution is 2.51. The summed E-state index contributed by atoms with van der Waals surface area (Å²) in [7, 11) is 0. The number of nitrogen functional groups attached to an aromatic ring is 1. The number of halogens is 1. The Labute approximate surface area is 175 Å². The standard InChI is InChI=1S/C21H28ClN3O4/c1-21(2,3)29-20(27)25-9-14-13(15(14)10-25)8-24-19(26)12-7-16(22)17(23)11-5-4-6-28-18(11)12/h7,13-15H,4-6,8-10,23H2,1-3H3,(H,24,26). The first kappa shape index (κ1) is 20.1. The number of nitrogens with one attached hydrogen (secondary N) is 1. The van der Waals surface area contributed by atoms with E-state index in [-0.39, 0.29) is 12.0 Å². The van der Waals surface area contributed by atoms with Gasteiger partial charge in [0.15, 0.2) is 0 Å². The van der Waals surface area contributed by atoms with Crippen LogP contribution < -0.4 is 15.8 Å². The third-order valence-electron chi connectivity index (χ3n) is 5.96. The van der Waals surface area contributed by atoms with E-state index in [4.69, 9.17) is 26.8 Å². The van der Waals surface area contributed by atoms with E-state index >= 15 is 0 Å². The topological polar surface area (TPSA) is 93.9 Å². The van der Waals surface area contributed by atoms with Gasteiger partial charge in [-0.05, 0) is 57.4 Å². The zero-order valence-corrected chi connectivity index (χ0v) is 17.8. The summed E-state index contributed by atoms with van der Waals surface area (Å²) in [6.07, 6.45) is 1.36. The van der Waals surface area contributed by atoms with Crippen molar-refractivity contribution in [3.63, 3.8) is 0 Å². The molecule has 29 heavy (non-hydrogen) atoms. The number of nitrogens with zero attached hydrogens (tertiary/aromatic N) is 1. The van der Waals surface area contributed by atoms with Crippen molar-refractivity contribution in [3.05, 3.63) is 22.2 Å². The molecule has 0 aromatic heterocycles. The summed E-state index contributed by atoms with van der Waals surface area (Å²) >= 11 is 6.23. The zero-order valence-electron chi connectivity index (χ0n) is 17.1. The number of fused-ring (bicyclic) bond motifs is 2. The van der Waals surface area contributed by atoms with Crippen LogP contribution in [0, 0.1) is 17.8 Å². The minimum Gasteiger partial charge on any atom is -0.492 e. The molecule has 2 amide bonds. The Kier molecular flexibility index (Phi) is 5.05. The SMILES string of the molecule is CC(C)(C)OC(=O)N1CC2C(CNC(=O)c3cc(Cl)c(N)c4c3OCCC4)C2C1. The summed E-state index contributed by atoms with van der Waals surface area (Å²) in [5, 5.41) is 3.40. The maximum atomic E-state index is 12.8. The predicted octanol–water partition coefficient (Wildman–Crippen LogP) is 3.09. The second-order valence-corrected chi connectivity index (χ2v) is 9.57. The highest BCUT2D eigenvalue weighted by Gasteiger charge is 2.56. The van der Waals surface area contributed by atoms with Gasteiger partial charge in [0.2, 0.25) is 0 Å². The van der Waals surface area contributed by atoms with Crippen LogP contribution in [0.1, 0.15) is 43.1 Å². The molecule has 2 unspecified atom stereocenters. The Morgan fingerprint density at radius 1 is 1.34 bits per heavy atom. The minimum absolute atomic E-state index is 0.195. The lowest BCUT2D eigenvalue weighted by molar-refractivity contribution is 0.0265. The second kappa shape index (κ2) is 7.27.